The minimum absolute atomic E-state index is 0.331. The van der Waals surface area contributed by atoms with Gasteiger partial charge in [0, 0.05) is 30.2 Å². The molecule has 0 bridgehead atoms. The van der Waals surface area contributed by atoms with E-state index in [0.29, 0.717) is 5.38 Å². The van der Waals surface area contributed by atoms with Gasteiger partial charge in [0.25, 0.3) is 0 Å². The zero-order valence-electron chi connectivity index (χ0n) is 8.99. The summed E-state index contributed by atoms with van der Waals surface area (Å²) in [6, 6.07) is 2.04. The van der Waals surface area contributed by atoms with Crippen LogP contribution < -0.4 is 4.90 Å². The van der Waals surface area contributed by atoms with E-state index in [1.54, 1.807) is 6.33 Å². The lowest BCUT2D eigenvalue weighted by atomic mass is 10.2. The Labute approximate surface area is 95.5 Å². The average molecular weight is 226 g/mol. The molecule has 3 nitrogen and oxygen atoms in total. The van der Waals surface area contributed by atoms with Crippen LogP contribution in [0.4, 0.5) is 5.82 Å². The maximum Gasteiger partial charge on any atom is 0.132 e. The molecule has 0 aliphatic carbocycles. The van der Waals surface area contributed by atoms with Gasteiger partial charge in [-0.15, -0.1) is 11.6 Å². The Morgan fingerprint density at radius 2 is 2.20 bits per heavy atom. The number of hydrogen-bond acceptors (Lipinski definition) is 3. The third-order valence-electron chi connectivity index (χ3n) is 2.77. The molecule has 1 unspecified atom stereocenters. The van der Waals surface area contributed by atoms with Gasteiger partial charge >= 0.3 is 0 Å². The normalized spacial score (nSPS) is 22.5. The second-order valence-corrected chi connectivity index (χ2v) is 4.65. The van der Waals surface area contributed by atoms with Crippen molar-refractivity contribution in [1.82, 2.24) is 9.97 Å². The summed E-state index contributed by atoms with van der Waals surface area (Å²) < 4.78 is 0. The number of halogens is 1. The number of alkyl halides is 1. The fourth-order valence-electron chi connectivity index (χ4n) is 1.90. The van der Waals surface area contributed by atoms with Crippen LogP contribution >= 0.6 is 11.6 Å². The Hall–Kier alpha value is -0.830. The zero-order valence-corrected chi connectivity index (χ0v) is 9.74. The number of aromatic nitrogens is 2. The Morgan fingerprint density at radius 3 is 3.00 bits per heavy atom. The van der Waals surface area contributed by atoms with Gasteiger partial charge in [0.05, 0.1) is 0 Å². The molecule has 82 valence electrons. The minimum Gasteiger partial charge on any atom is -0.356 e. The molecular weight excluding hydrogens is 210 g/mol. The molecule has 0 aromatic carbocycles. The van der Waals surface area contributed by atoms with Crippen LogP contribution in [0.1, 0.15) is 25.0 Å². The van der Waals surface area contributed by atoms with Gasteiger partial charge in [-0.25, -0.2) is 9.97 Å². The maximum atomic E-state index is 6.15. The fourth-order valence-corrected chi connectivity index (χ4v) is 2.15. The van der Waals surface area contributed by atoms with Crippen LogP contribution in [0.15, 0.2) is 12.4 Å². The van der Waals surface area contributed by atoms with E-state index in [1.807, 2.05) is 13.0 Å². The van der Waals surface area contributed by atoms with Gasteiger partial charge < -0.3 is 4.90 Å². The van der Waals surface area contributed by atoms with Crippen LogP contribution in [-0.4, -0.2) is 28.4 Å². The van der Waals surface area contributed by atoms with E-state index >= 15 is 0 Å². The van der Waals surface area contributed by atoms with E-state index in [0.717, 1.165) is 43.9 Å². The lowest BCUT2D eigenvalue weighted by molar-refractivity contribution is 0.735. The van der Waals surface area contributed by atoms with Crippen molar-refractivity contribution in [2.75, 3.05) is 18.0 Å². The summed E-state index contributed by atoms with van der Waals surface area (Å²) in [5.41, 5.74) is 1.02. The molecule has 15 heavy (non-hydrogen) atoms. The molecule has 0 radical (unpaired) electrons. The van der Waals surface area contributed by atoms with E-state index in [9.17, 15) is 0 Å². The Morgan fingerprint density at radius 1 is 1.33 bits per heavy atom. The van der Waals surface area contributed by atoms with Gasteiger partial charge in [0.1, 0.15) is 12.1 Å². The van der Waals surface area contributed by atoms with E-state index < -0.39 is 0 Å². The zero-order chi connectivity index (χ0) is 10.7. The Balaban J connectivity index is 2.09. The summed E-state index contributed by atoms with van der Waals surface area (Å²) in [5.74, 6) is 1.04. The molecule has 1 aromatic rings. The molecule has 1 aliphatic rings. The summed E-state index contributed by atoms with van der Waals surface area (Å²) in [5, 5.41) is 0.331. The quantitative estimate of drug-likeness (QED) is 0.688. The third kappa shape index (κ3) is 2.81. The molecule has 0 N–H and O–H groups in total. The standard InChI is InChI=1S/C11H16ClN3/c1-9-7-11(14-8-13-9)15-5-2-3-10(12)4-6-15/h7-8,10H,2-6H2,1H3. The van der Waals surface area contributed by atoms with E-state index in [1.165, 1.54) is 0 Å². The molecule has 1 aromatic heterocycles. The molecule has 4 heteroatoms. The first kappa shape index (κ1) is 10.7. The molecule has 0 spiro atoms. The van der Waals surface area contributed by atoms with Crippen molar-refractivity contribution in [2.45, 2.75) is 31.6 Å². The van der Waals surface area contributed by atoms with E-state index in [4.69, 9.17) is 11.6 Å². The smallest absolute Gasteiger partial charge is 0.132 e. The molecule has 2 heterocycles. The number of nitrogens with zero attached hydrogens (tertiary/aromatic N) is 3. The second kappa shape index (κ2) is 4.79. The van der Waals surface area contributed by atoms with Gasteiger partial charge in [-0.1, -0.05) is 0 Å². The first-order valence-electron chi connectivity index (χ1n) is 5.43. The van der Waals surface area contributed by atoms with Gasteiger partial charge in [0.15, 0.2) is 0 Å². The maximum absolute atomic E-state index is 6.15. The SMILES string of the molecule is Cc1cc(N2CCCC(Cl)CC2)ncn1. The highest BCUT2D eigenvalue weighted by molar-refractivity contribution is 6.20. The molecule has 1 aliphatic heterocycles. The highest BCUT2D eigenvalue weighted by atomic mass is 35.5. The summed E-state index contributed by atoms with van der Waals surface area (Å²) in [7, 11) is 0. The fraction of sp³-hybridized carbons (Fsp3) is 0.636. The molecule has 0 saturated carbocycles. The van der Waals surface area contributed by atoms with Crippen LogP contribution in [0.2, 0.25) is 0 Å². The summed E-state index contributed by atoms with van der Waals surface area (Å²) in [6.45, 7) is 4.05. The highest BCUT2D eigenvalue weighted by Crippen LogP contribution is 2.20. The predicted octanol–water partition coefficient (Wildman–Crippen LogP) is 2.38. The Bertz CT molecular complexity index is 329. The van der Waals surface area contributed by atoms with Crippen molar-refractivity contribution in [3.63, 3.8) is 0 Å². The lowest BCUT2D eigenvalue weighted by Crippen LogP contribution is -2.25. The largest absolute Gasteiger partial charge is 0.356 e. The molecule has 1 atom stereocenters. The first-order valence-corrected chi connectivity index (χ1v) is 5.87. The second-order valence-electron chi connectivity index (χ2n) is 4.03. The molecule has 2 rings (SSSR count). The van der Waals surface area contributed by atoms with Crippen LogP contribution in [0.25, 0.3) is 0 Å². The van der Waals surface area contributed by atoms with Gasteiger partial charge in [-0.05, 0) is 26.2 Å². The first-order chi connectivity index (χ1) is 7.25. The van der Waals surface area contributed by atoms with Crippen molar-refractivity contribution >= 4 is 17.4 Å². The predicted molar refractivity (Wildman–Crippen MR) is 62.5 cm³/mol. The van der Waals surface area contributed by atoms with Crippen molar-refractivity contribution in [2.24, 2.45) is 0 Å². The number of rotatable bonds is 1. The summed E-state index contributed by atoms with van der Waals surface area (Å²) >= 11 is 6.15. The molecular formula is C11H16ClN3. The Kier molecular flexibility index (Phi) is 3.41. The minimum atomic E-state index is 0.331. The molecule has 1 fully saturated rings. The highest BCUT2D eigenvalue weighted by Gasteiger charge is 2.16. The van der Waals surface area contributed by atoms with E-state index in [2.05, 4.69) is 14.9 Å². The lowest BCUT2D eigenvalue weighted by Gasteiger charge is -2.21. The van der Waals surface area contributed by atoms with Crippen molar-refractivity contribution < 1.29 is 0 Å². The van der Waals surface area contributed by atoms with Crippen LogP contribution in [0.5, 0.6) is 0 Å². The van der Waals surface area contributed by atoms with Crippen LogP contribution in [-0.2, 0) is 0 Å². The van der Waals surface area contributed by atoms with E-state index in [-0.39, 0.29) is 0 Å². The van der Waals surface area contributed by atoms with Crippen molar-refractivity contribution in [3.05, 3.63) is 18.1 Å². The van der Waals surface area contributed by atoms with Gasteiger partial charge in [-0.3, -0.25) is 0 Å². The third-order valence-corrected chi connectivity index (χ3v) is 3.21. The van der Waals surface area contributed by atoms with Crippen LogP contribution in [0.3, 0.4) is 0 Å². The van der Waals surface area contributed by atoms with Crippen molar-refractivity contribution in [1.29, 1.82) is 0 Å². The average Bonchev–Trinajstić information content (AvgIpc) is 2.43. The number of hydrogen-bond donors (Lipinski definition) is 0. The molecule has 0 amide bonds. The van der Waals surface area contributed by atoms with Crippen molar-refractivity contribution in [3.8, 4) is 0 Å². The number of aryl methyl sites for hydroxylation is 1. The summed E-state index contributed by atoms with van der Waals surface area (Å²) in [6.07, 6.45) is 4.94. The number of anilines is 1. The molecule has 1 saturated heterocycles. The summed E-state index contributed by atoms with van der Waals surface area (Å²) in [4.78, 5) is 10.7. The van der Waals surface area contributed by atoms with Gasteiger partial charge in [-0.2, -0.15) is 0 Å². The van der Waals surface area contributed by atoms with Gasteiger partial charge in [0.2, 0.25) is 0 Å². The topological polar surface area (TPSA) is 29.0 Å². The monoisotopic (exact) mass is 225 g/mol. The van der Waals surface area contributed by atoms with Crippen LogP contribution in [0, 0.1) is 6.92 Å².